The monoisotopic (exact) mass is 263 g/mol. The van der Waals surface area contributed by atoms with Crippen LogP contribution in [0.25, 0.3) is 0 Å². The van der Waals surface area contributed by atoms with Gasteiger partial charge in [0, 0.05) is 13.1 Å². The highest BCUT2D eigenvalue weighted by Gasteiger charge is 2.30. The van der Waals surface area contributed by atoms with E-state index in [1.54, 1.807) is 0 Å². The standard InChI is InChI=1S/C15H21NO3/c1-2-18-14-5-3-4-12(10-14)11-16-8-9-19-15(17)13-6-7-13/h3-5,10,13,16H,2,6-9,11H2,1H3. The van der Waals surface area contributed by atoms with Crippen LogP contribution in [0.4, 0.5) is 0 Å². The first-order valence-electron chi connectivity index (χ1n) is 6.88. The van der Waals surface area contributed by atoms with Crippen molar-refractivity contribution in [3.8, 4) is 5.75 Å². The van der Waals surface area contributed by atoms with Gasteiger partial charge in [-0.05, 0) is 37.5 Å². The zero-order valence-electron chi connectivity index (χ0n) is 11.4. The van der Waals surface area contributed by atoms with Crippen molar-refractivity contribution in [3.05, 3.63) is 29.8 Å². The molecule has 0 unspecified atom stereocenters. The minimum Gasteiger partial charge on any atom is -0.494 e. The van der Waals surface area contributed by atoms with Gasteiger partial charge in [-0.3, -0.25) is 4.79 Å². The van der Waals surface area contributed by atoms with Crippen LogP contribution in [0.3, 0.4) is 0 Å². The van der Waals surface area contributed by atoms with Gasteiger partial charge >= 0.3 is 5.97 Å². The Bertz CT molecular complexity index is 416. The molecule has 104 valence electrons. The maximum absolute atomic E-state index is 11.3. The molecule has 0 aromatic heterocycles. The number of ether oxygens (including phenoxy) is 2. The van der Waals surface area contributed by atoms with E-state index in [0.29, 0.717) is 19.8 Å². The highest BCUT2D eigenvalue weighted by molar-refractivity contribution is 5.74. The first-order valence-corrected chi connectivity index (χ1v) is 6.88. The second-order valence-electron chi connectivity index (χ2n) is 4.70. The molecule has 0 aliphatic heterocycles. The molecule has 0 amide bonds. The van der Waals surface area contributed by atoms with Crippen molar-refractivity contribution in [2.75, 3.05) is 19.8 Å². The van der Waals surface area contributed by atoms with Gasteiger partial charge in [0.25, 0.3) is 0 Å². The first kappa shape index (κ1) is 13.9. The Morgan fingerprint density at radius 2 is 2.26 bits per heavy atom. The van der Waals surface area contributed by atoms with Crippen LogP contribution in [0.15, 0.2) is 24.3 Å². The lowest BCUT2D eigenvalue weighted by Crippen LogP contribution is -2.21. The van der Waals surface area contributed by atoms with Crippen molar-refractivity contribution in [1.29, 1.82) is 0 Å². The van der Waals surface area contributed by atoms with E-state index in [9.17, 15) is 4.79 Å². The molecule has 1 N–H and O–H groups in total. The number of carbonyl (C=O) groups excluding carboxylic acids is 1. The largest absolute Gasteiger partial charge is 0.494 e. The van der Waals surface area contributed by atoms with Crippen molar-refractivity contribution in [3.63, 3.8) is 0 Å². The average molecular weight is 263 g/mol. The average Bonchev–Trinajstić information content (AvgIpc) is 3.23. The Labute approximate surface area is 114 Å². The SMILES string of the molecule is CCOc1cccc(CNCCOC(=O)C2CC2)c1. The number of hydrogen-bond acceptors (Lipinski definition) is 4. The zero-order chi connectivity index (χ0) is 13.5. The molecule has 0 spiro atoms. The molecular formula is C15H21NO3. The number of nitrogens with one attached hydrogen (secondary N) is 1. The Morgan fingerprint density at radius 1 is 1.42 bits per heavy atom. The van der Waals surface area contributed by atoms with E-state index in [1.165, 1.54) is 5.56 Å². The van der Waals surface area contributed by atoms with Gasteiger partial charge in [-0.15, -0.1) is 0 Å². The summed E-state index contributed by atoms with van der Waals surface area (Å²) in [7, 11) is 0. The summed E-state index contributed by atoms with van der Waals surface area (Å²) in [5.74, 6) is 1.03. The van der Waals surface area contributed by atoms with E-state index < -0.39 is 0 Å². The van der Waals surface area contributed by atoms with Gasteiger partial charge in [0.15, 0.2) is 0 Å². The van der Waals surface area contributed by atoms with Gasteiger partial charge in [-0.2, -0.15) is 0 Å². The third kappa shape index (κ3) is 4.91. The van der Waals surface area contributed by atoms with Gasteiger partial charge < -0.3 is 14.8 Å². The summed E-state index contributed by atoms with van der Waals surface area (Å²) in [5.41, 5.74) is 1.17. The van der Waals surface area contributed by atoms with E-state index >= 15 is 0 Å². The molecule has 1 aromatic rings. The van der Waals surface area contributed by atoms with Gasteiger partial charge in [0.1, 0.15) is 12.4 Å². The van der Waals surface area contributed by atoms with Crippen molar-refractivity contribution in [2.45, 2.75) is 26.3 Å². The van der Waals surface area contributed by atoms with Crippen molar-refractivity contribution in [1.82, 2.24) is 5.32 Å². The molecule has 1 aliphatic carbocycles. The number of rotatable bonds is 8. The topological polar surface area (TPSA) is 47.6 Å². The predicted molar refractivity (Wildman–Crippen MR) is 73.0 cm³/mol. The molecule has 0 heterocycles. The molecule has 0 bridgehead atoms. The van der Waals surface area contributed by atoms with Crippen molar-refractivity contribution in [2.24, 2.45) is 5.92 Å². The summed E-state index contributed by atoms with van der Waals surface area (Å²) >= 11 is 0. The molecule has 2 rings (SSSR count). The minimum absolute atomic E-state index is 0.0415. The van der Waals surface area contributed by atoms with Gasteiger partial charge in [0.05, 0.1) is 12.5 Å². The van der Waals surface area contributed by atoms with E-state index in [4.69, 9.17) is 9.47 Å². The highest BCUT2D eigenvalue weighted by atomic mass is 16.5. The molecule has 1 fully saturated rings. The Morgan fingerprint density at radius 3 is 3.00 bits per heavy atom. The van der Waals surface area contributed by atoms with Crippen molar-refractivity contribution < 1.29 is 14.3 Å². The molecule has 1 aliphatic rings. The summed E-state index contributed by atoms with van der Waals surface area (Å²) < 4.78 is 10.6. The van der Waals surface area contributed by atoms with Crippen LogP contribution in [-0.4, -0.2) is 25.7 Å². The van der Waals surface area contributed by atoms with Crippen LogP contribution in [0.1, 0.15) is 25.3 Å². The summed E-state index contributed by atoms with van der Waals surface area (Å²) in [6.07, 6.45) is 1.99. The smallest absolute Gasteiger partial charge is 0.308 e. The van der Waals surface area contributed by atoms with Crippen LogP contribution in [-0.2, 0) is 16.1 Å². The summed E-state index contributed by atoms with van der Waals surface area (Å²) in [5, 5.41) is 3.25. The fourth-order valence-electron chi connectivity index (χ4n) is 1.81. The fourth-order valence-corrected chi connectivity index (χ4v) is 1.81. The number of benzene rings is 1. The van der Waals surface area contributed by atoms with Crippen LogP contribution in [0.2, 0.25) is 0 Å². The second-order valence-corrected chi connectivity index (χ2v) is 4.70. The quantitative estimate of drug-likeness (QED) is 0.576. The third-order valence-corrected chi connectivity index (χ3v) is 2.97. The first-order chi connectivity index (χ1) is 9.29. The zero-order valence-corrected chi connectivity index (χ0v) is 11.4. The van der Waals surface area contributed by atoms with Crippen LogP contribution in [0.5, 0.6) is 5.75 Å². The lowest BCUT2D eigenvalue weighted by Gasteiger charge is -2.08. The summed E-state index contributed by atoms with van der Waals surface area (Å²) in [6.45, 7) is 4.52. The third-order valence-electron chi connectivity index (χ3n) is 2.97. The minimum atomic E-state index is -0.0415. The maximum Gasteiger partial charge on any atom is 0.308 e. The predicted octanol–water partition coefficient (Wildman–Crippen LogP) is 2.13. The molecule has 0 atom stereocenters. The van der Waals surface area contributed by atoms with Crippen LogP contribution >= 0.6 is 0 Å². The van der Waals surface area contributed by atoms with Gasteiger partial charge in [-0.25, -0.2) is 0 Å². The molecule has 4 nitrogen and oxygen atoms in total. The highest BCUT2D eigenvalue weighted by Crippen LogP contribution is 2.29. The number of hydrogen-bond donors (Lipinski definition) is 1. The molecule has 0 saturated heterocycles. The number of carbonyl (C=O) groups is 1. The van der Waals surface area contributed by atoms with E-state index in [0.717, 1.165) is 25.1 Å². The Kier molecular flexibility index (Phi) is 5.21. The molecule has 0 radical (unpaired) electrons. The van der Waals surface area contributed by atoms with E-state index in [1.807, 2.05) is 31.2 Å². The molecule has 1 saturated carbocycles. The summed E-state index contributed by atoms with van der Waals surface area (Å²) in [6, 6.07) is 8.00. The fraction of sp³-hybridized carbons (Fsp3) is 0.533. The maximum atomic E-state index is 11.3. The Hall–Kier alpha value is -1.55. The van der Waals surface area contributed by atoms with E-state index in [-0.39, 0.29) is 11.9 Å². The second kappa shape index (κ2) is 7.14. The molecule has 4 heteroatoms. The van der Waals surface area contributed by atoms with E-state index in [2.05, 4.69) is 5.32 Å². The summed E-state index contributed by atoms with van der Waals surface area (Å²) in [4.78, 5) is 11.3. The van der Waals surface area contributed by atoms with Crippen LogP contribution in [0, 0.1) is 5.92 Å². The van der Waals surface area contributed by atoms with Crippen LogP contribution < -0.4 is 10.1 Å². The lowest BCUT2D eigenvalue weighted by molar-refractivity contribution is -0.145. The van der Waals surface area contributed by atoms with Crippen molar-refractivity contribution >= 4 is 5.97 Å². The van der Waals surface area contributed by atoms with Gasteiger partial charge in [0.2, 0.25) is 0 Å². The lowest BCUT2D eigenvalue weighted by atomic mass is 10.2. The molecule has 1 aromatic carbocycles. The molecule has 19 heavy (non-hydrogen) atoms. The number of esters is 1. The molecular weight excluding hydrogens is 242 g/mol. The normalized spacial score (nSPS) is 14.2. The van der Waals surface area contributed by atoms with Gasteiger partial charge in [-0.1, -0.05) is 12.1 Å². The Balaban J connectivity index is 1.61.